The second-order valence-corrected chi connectivity index (χ2v) is 4.99. The van der Waals surface area contributed by atoms with Crippen LogP contribution in [0.5, 0.6) is 28.7 Å². The summed E-state index contributed by atoms with van der Waals surface area (Å²) in [5, 5.41) is 29.1. The van der Waals surface area contributed by atoms with Gasteiger partial charge in [0.2, 0.25) is 16.9 Å². The van der Waals surface area contributed by atoms with Gasteiger partial charge in [-0.25, -0.2) is 0 Å². The number of fused-ring (bicyclic) bond motifs is 1. The Labute approximate surface area is 135 Å². The van der Waals surface area contributed by atoms with Crippen molar-refractivity contribution in [3.63, 3.8) is 0 Å². The highest BCUT2D eigenvalue weighted by Gasteiger charge is 2.23. The summed E-state index contributed by atoms with van der Waals surface area (Å²) in [6, 6.07) is 7.29. The topological polar surface area (TPSA) is 109 Å². The lowest BCUT2D eigenvalue weighted by Crippen LogP contribution is -2.08. The van der Waals surface area contributed by atoms with Crippen molar-refractivity contribution >= 4 is 11.0 Å². The highest BCUT2D eigenvalue weighted by Crippen LogP contribution is 2.43. The summed E-state index contributed by atoms with van der Waals surface area (Å²) in [4.78, 5) is 12.6. The molecule has 0 aliphatic carbocycles. The molecule has 7 nitrogen and oxygen atoms in total. The number of hydrogen-bond donors (Lipinski definition) is 3. The monoisotopic (exact) mass is 330 g/mol. The summed E-state index contributed by atoms with van der Waals surface area (Å²) in [6.07, 6.45) is 0. The van der Waals surface area contributed by atoms with Crippen molar-refractivity contribution in [3.8, 4) is 40.1 Å². The number of phenols is 3. The zero-order valence-electron chi connectivity index (χ0n) is 12.9. The van der Waals surface area contributed by atoms with E-state index >= 15 is 0 Å². The Hall–Kier alpha value is -3.35. The number of benzene rings is 2. The summed E-state index contributed by atoms with van der Waals surface area (Å²) in [6.45, 7) is 0. The van der Waals surface area contributed by atoms with Crippen molar-refractivity contribution in [1.82, 2.24) is 0 Å². The summed E-state index contributed by atoms with van der Waals surface area (Å²) in [7, 11) is 2.60. The number of hydrogen-bond acceptors (Lipinski definition) is 7. The molecule has 1 heterocycles. The maximum absolute atomic E-state index is 12.6. The molecule has 1 aromatic heterocycles. The predicted octanol–water partition coefficient (Wildman–Crippen LogP) is 2.59. The Balaban J connectivity index is 2.41. The molecule has 0 saturated heterocycles. The van der Waals surface area contributed by atoms with Crippen LogP contribution in [0.15, 0.2) is 39.5 Å². The van der Waals surface area contributed by atoms with Crippen LogP contribution in [0.1, 0.15) is 0 Å². The number of methoxy groups -OCH3 is 2. The number of aromatic hydroxyl groups is 3. The molecule has 0 fully saturated rings. The van der Waals surface area contributed by atoms with Crippen molar-refractivity contribution in [2.45, 2.75) is 0 Å². The minimum absolute atomic E-state index is 0.0241. The normalized spacial score (nSPS) is 10.8. The maximum Gasteiger partial charge on any atom is 0.239 e. The maximum atomic E-state index is 12.6. The van der Waals surface area contributed by atoms with Gasteiger partial charge in [-0.2, -0.15) is 0 Å². The van der Waals surface area contributed by atoms with Gasteiger partial charge in [0.1, 0.15) is 16.7 Å². The Morgan fingerprint density at radius 1 is 0.958 bits per heavy atom. The molecule has 0 saturated carbocycles. The SMILES string of the molecule is COc1cc2oc(-c3ccc(O)cc3)c(OC)c(=O)c2c(O)c1O. The summed E-state index contributed by atoms with van der Waals surface area (Å²) < 4.78 is 15.8. The second-order valence-electron chi connectivity index (χ2n) is 4.99. The molecule has 0 atom stereocenters. The van der Waals surface area contributed by atoms with E-state index in [0.717, 1.165) is 0 Å². The van der Waals surface area contributed by atoms with Gasteiger partial charge in [0.15, 0.2) is 17.3 Å². The van der Waals surface area contributed by atoms with Crippen molar-refractivity contribution in [2.24, 2.45) is 0 Å². The number of ether oxygens (including phenoxy) is 2. The number of rotatable bonds is 3. The minimum atomic E-state index is -0.645. The van der Waals surface area contributed by atoms with E-state index in [2.05, 4.69) is 0 Å². The zero-order chi connectivity index (χ0) is 17.4. The molecular weight excluding hydrogens is 316 g/mol. The average molecular weight is 330 g/mol. The molecule has 0 unspecified atom stereocenters. The molecule has 3 rings (SSSR count). The quantitative estimate of drug-likeness (QED) is 0.633. The van der Waals surface area contributed by atoms with E-state index in [4.69, 9.17) is 13.9 Å². The van der Waals surface area contributed by atoms with Gasteiger partial charge in [0, 0.05) is 11.6 Å². The van der Waals surface area contributed by atoms with Crippen LogP contribution in [-0.4, -0.2) is 29.5 Å². The van der Waals surface area contributed by atoms with Crippen molar-refractivity contribution in [3.05, 3.63) is 40.6 Å². The molecule has 0 bridgehead atoms. The van der Waals surface area contributed by atoms with E-state index in [0.29, 0.717) is 5.56 Å². The molecule has 3 aromatic rings. The molecule has 7 heteroatoms. The molecule has 0 amide bonds. The first kappa shape index (κ1) is 15.5. The van der Waals surface area contributed by atoms with Crippen LogP contribution in [0, 0.1) is 0 Å². The molecule has 2 aromatic carbocycles. The lowest BCUT2D eigenvalue weighted by Gasteiger charge is -2.12. The molecule has 0 spiro atoms. The molecular formula is C17H14O7. The first-order valence-corrected chi connectivity index (χ1v) is 6.91. The van der Waals surface area contributed by atoms with Gasteiger partial charge in [-0.1, -0.05) is 0 Å². The molecule has 0 aliphatic rings. The number of phenolic OH excluding ortho intramolecular Hbond substituents is 3. The largest absolute Gasteiger partial charge is 0.508 e. The molecule has 0 aliphatic heterocycles. The first-order chi connectivity index (χ1) is 11.5. The predicted molar refractivity (Wildman–Crippen MR) is 86.0 cm³/mol. The Kier molecular flexibility index (Phi) is 3.69. The van der Waals surface area contributed by atoms with E-state index in [1.165, 1.54) is 32.4 Å². The van der Waals surface area contributed by atoms with Gasteiger partial charge in [0.05, 0.1) is 14.2 Å². The third kappa shape index (κ3) is 2.26. The lowest BCUT2D eigenvalue weighted by atomic mass is 10.1. The van der Waals surface area contributed by atoms with E-state index in [1.807, 2.05) is 0 Å². The van der Waals surface area contributed by atoms with Crippen molar-refractivity contribution < 1.29 is 29.2 Å². The fourth-order valence-corrected chi connectivity index (χ4v) is 2.43. The van der Waals surface area contributed by atoms with Crippen LogP contribution >= 0.6 is 0 Å². The summed E-state index contributed by atoms with van der Waals surface area (Å²) in [5.74, 6) is -1.18. The average Bonchev–Trinajstić information content (AvgIpc) is 2.58. The lowest BCUT2D eigenvalue weighted by molar-refractivity contribution is 0.351. The van der Waals surface area contributed by atoms with Crippen LogP contribution in [0.4, 0.5) is 0 Å². The van der Waals surface area contributed by atoms with Gasteiger partial charge in [-0.15, -0.1) is 0 Å². The summed E-state index contributed by atoms with van der Waals surface area (Å²) in [5.41, 5.74) is -0.122. The fraction of sp³-hybridized carbons (Fsp3) is 0.118. The fourth-order valence-electron chi connectivity index (χ4n) is 2.43. The van der Waals surface area contributed by atoms with E-state index in [1.54, 1.807) is 12.1 Å². The van der Waals surface area contributed by atoms with Gasteiger partial charge in [-0.05, 0) is 24.3 Å². The van der Waals surface area contributed by atoms with Crippen LogP contribution in [0.2, 0.25) is 0 Å². The van der Waals surface area contributed by atoms with Crippen LogP contribution in [0.25, 0.3) is 22.3 Å². The first-order valence-electron chi connectivity index (χ1n) is 6.91. The van der Waals surface area contributed by atoms with Gasteiger partial charge in [0.25, 0.3) is 0 Å². The van der Waals surface area contributed by atoms with E-state index in [-0.39, 0.29) is 34.0 Å². The highest BCUT2D eigenvalue weighted by atomic mass is 16.5. The van der Waals surface area contributed by atoms with Crippen LogP contribution in [-0.2, 0) is 0 Å². The molecule has 124 valence electrons. The molecule has 3 N–H and O–H groups in total. The van der Waals surface area contributed by atoms with Gasteiger partial charge >= 0.3 is 0 Å². The third-order valence-electron chi connectivity index (χ3n) is 3.61. The van der Waals surface area contributed by atoms with Crippen molar-refractivity contribution in [1.29, 1.82) is 0 Å². The van der Waals surface area contributed by atoms with Gasteiger partial charge in [-0.3, -0.25) is 4.79 Å². The standard InChI is InChI=1S/C17H14O7/c1-22-11-7-10-12(14(20)13(11)19)15(21)17(23-2)16(24-10)8-3-5-9(18)6-4-8/h3-7,18-20H,1-2H3. The minimum Gasteiger partial charge on any atom is -0.508 e. The van der Waals surface area contributed by atoms with E-state index < -0.39 is 16.9 Å². The highest BCUT2D eigenvalue weighted by molar-refractivity contribution is 5.91. The summed E-state index contributed by atoms with van der Waals surface area (Å²) >= 11 is 0. The third-order valence-corrected chi connectivity index (χ3v) is 3.61. The second kappa shape index (κ2) is 5.69. The Morgan fingerprint density at radius 2 is 1.62 bits per heavy atom. The van der Waals surface area contributed by atoms with Gasteiger partial charge < -0.3 is 29.2 Å². The molecule has 0 radical (unpaired) electrons. The van der Waals surface area contributed by atoms with Crippen molar-refractivity contribution in [2.75, 3.05) is 14.2 Å². The van der Waals surface area contributed by atoms with Crippen LogP contribution in [0.3, 0.4) is 0 Å². The Bertz CT molecular complexity index is 971. The molecule has 24 heavy (non-hydrogen) atoms. The van der Waals surface area contributed by atoms with Crippen LogP contribution < -0.4 is 14.9 Å². The smallest absolute Gasteiger partial charge is 0.239 e. The van der Waals surface area contributed by atoms with E-state index in [9.17, 15) is 20.1 Å². The zero-order valence-corrected chi connectivity index (χ0v) is 12.9. The Morgan fingerprint density at radius 3 is 2.21 bits per heavy atom.